The molecule has 0 saturated carbocycles. The summed E-state index contributed by atoms with van der Waals surface area (Å²) in [5.74, 6) is 0.971. The number of hydrogen-bond acceptors (Lipinski definition) is 3. The van der Waals surface area contributed by atoms with E-state index in [-0.39, 0.29) is 24.5 Å². The Bertz CT molecular complexity index is 894. The summed E-state index contributed by atoms with van der Waals surface area (Å²) in [6.45, 7) is 0.822. The maximum atomic E-state index is 5.11. The van der Waals surface area contributed by atoms with Crippen LogP contribution in [-0.2, 0) is 6.54 Å². The normalized spacial score (nSPS) is 18.3. The number of amidine groups is 1. The minimum Gasteiger partial charge on any atom is -0.361 e. The first-order chi connectivity index (χ1) is 12.9. The maximum absolute atomic E-state index is 5.11. The van der Waals surface area contributed by atoms with Crippen LogP contribution < -0.4 is 10.6 Å². The summed E-state index contributed by atoms with van der Waals surface area (Å²) >= 11 is 0. The van der Waals surface area contributed by atoms with E-state index in [1.807, 2.05) is 7.05 Å². The Hall–Kier alpha value is -2.62. The van der Waals surface area contributed by atoms with E-state index < -0.39 is 0 Å². The van der Waals surface area contributed by atoms with E-state index in [0.29, 0.717) is 0 Å². The van der Waals surface area contributed by atoms with Gasteiger partial charge in [-0.3, -0.25) is 4.99 Å². The van der Waals surface area contributed by atoms with Crippen molar-refractivity contribution in [1.82, 2.24) is 10.6 Å². The first-order valence-electron chi connectivity index (χ1n) is 9.04. The molecule has 3 nitrogen and oxygen atoms in total. The van der Waals surface area contributed by atoms with E-state index >= 15 is 0 Å². The minimum atomic E-state index is 0. The van der Waals surface area contributed by atoms with Crippen molar-refractivity contribution in [1.29, 1.82) is 0 Å². The molecule has 0 aliphatic carbocycles. The fourth-order valence-electron chi connectivity index (χ4n) is 3.56. The van der Waals surface area contributed by atoms with Crippen molar-refractivity contribution in [3.8, 4) is 0 Å². The van der Waals surface area contributed by atoms with E-state index in [4.69, 9.17) is 4.99 Å². The van der Waals surface area contributed by atoms with Crippen LogP contribution in [0.4, 0.5) is 0 Å². The number of benzene rings is 3. The van der Waals surface area contributed by atoms with Crippen LogP contribution in [0.15, 0.2) is 89.9 Å². The molecule has 0 aromatic heterocycles. The molecule has 2 atom stereocenters. The first-order valence-corrected chi connectivity index (χ1v) is 9.04. The van der Waals surface area contributed by atoms with Gasteiger partial charge in [0, 0.05) is 12.1 Å². The monoisotopic (exact) mass is 377 g/mol. The zero-order valence-corrected chi connectivity index (χ0v) is 16.1. The molecule has 4 heteroatoms. The second kappa shape index (κ2) is 8.85. The van der Waals surface area contributed by atoms with Gasteiger partial charge in [-0.2, -0.15) is 0 Å². The maximum Gasteiger partial charge on any atom is 0.129 e. The lowest BCUT2D eigenvalue weighted by atomic mass is 9.95. The van der Waals surface area contributed by atoms with Crippen LogP contribution in [0, 0.1) is 0 Å². The molecule has 1 heterocycles. The zero-order chi connectivity index (χ0) is 17.8. The van der Waals surface area contributed by atoms with Gasteiger partial charge in [0.1, 0.15) is 11.9 Å². The third-order valence-electron chi connectivity index (χ3n) is 4.82. The van der Waals surface area contributed by atoms with Gasteiger partial charge in [-0.25, -0.2) is 0 Å². The van der Waals surface area contributed by atoms with Crippen LogP contribution in [0.2, 0.25) is 0 Å². The van der Waals surface area contributed by atoms with Crippen LogP contribution in [0.5, 0.6) is 0 Å². The molecule has 0 spiro atoms. The molecule has 3 aromatic carbocycles. The SMILES string of the molecule is CNCc1ccccc1C1=N[C@@H](c2ccccc2)[C@@H](c2ccccc2)N1.Cl. The third-order valence-corrected chi connectivity index (χ3v) is 4.82. The van der Waals surface area contributed by atoms with Crippen LogP contribution in [-0.4, -0.2) is 12.9 Å². The molecule has 27 heavy (non-hydrogen) atoms. The van der Waals surface area contributed by atoms with Gasteiger partial charge in [0.2, 0.25) is 0 Å². The predicted molar refractivity (Wildman–Crippen MR) is 114 cm³/mol. The lowest BCUT2D eigenvalue weighted by molar-refractivity contribution is 0.572. The molecule has 138 valence electrons. The predicted octanol–water partition coefficient (Wildman–Crippen LogP) is 4.66. The summed E-state index contributed by atoms with van der Waals surface area (Å²) in [4.78, 5) is 5.11. The summed E-state index contributed by atoms with van der Waals surface area (Å²) in [7, 11) is 1.97. The van der Waals surface area contributed by atoms with Crippen LogP contribution in [0.3, 0.4) is 0 Å². The topological polar surface area (TPSA) is 36.4 Å². The van der Waals surface area contributed by atoms with Crippen molar-refractivity contribution < 1.29 is 0 Å². The molecule has 0 saturated heterocycles. The van der Waals surface area contributed by atoms with Crippen molar-refractivity contribution in [3.63, 3.8) is 0 Å². The number of aliphatic imine (C=N–C) groups is 1. The number of rotatable bonds is 5. The van der Waals surface area contributed by atoms with Crippen molar-refractivity contribution >= 4 is 18.2 Å². The van der Waals surface area contributed by atoms with Gasteiger partial charge >= 0.3 is 0 Å². The molecule has 0 unspecified atom stereocenters. The van der Waals surface area contributed by atoms with Crippen LogP contribution in [0.25, 0.3) is 0 Å². The molecule has 1 aliphatic heterocycles. The van der Waals surface area contributed by atoms with E-state index in [1.54, 1.807) is 0 Å². The Balaban J connectivity index is 0.00000210. The highest BCUT2D eigenvalue weighted by Crippen LogP contribution is 2.37. The van der Waals surface area contributed by atoms with E-state index in [0.717, 1.165) is 12.4 Å². The second-order valence-electron chi connectivity index (χ2n) is 6.55. The van der Waals surface area contributed by atoms with Gasteiger partial charge in [-0.15, -0.1) is 12.4 Å². The quantitative estimate of drug-likeness (QED) is 0.678. The Morgan fingerprint density at radius 3 is 2.07 bits per heavy atom. The largest absolute Gasteiger partial charge is 0.361 e. The van der Waals surface area contributed by atoms with Crippen LogP contribution in [0.1, 0.15) is 34.3 Å². The number of nitrogens with zero attached hydrogens (tertiary/aromatic N) is 1. The fourth-order valence-corrected chi connectivity index (χ4v) is 3.56. The summed E-state index contributed by atoms with van der Waals surface area (Å²) in [5.41, 5.74) is 4.91. The highest BCUT2D eigenvalue weighted by Gasteiger charge is 2.32. The average Bonchev–Trinajstić information content (AvgIpc) is 3.15. The van der Waals surface area contributed by atoms with Gasteiger partial charge in [0.25, 0.3) is 0 Å². The Kier molecular flexibility index (Phi) is 6.28. The van der Waals surface area contributed by atoms with E-state index in [2.05, 4.69) is 95.6 Å². The minimum absolute atomic E-state index is 0. The van der Waals surface area contributed by atoms with Gasteiger partial charge in [-0.1, -0.05) is 84.9 Å². The standard InChI is InChI=1S/C23H23N3.ClH/c1-24-16-19-14-8-9-15-20(19)23-25-21(17-10-4-2-5-11-17)22(26-23)18-12-6-3-7-13-18;/h2-15,21-22,24H,16H2,1H3,(H,25,26);1H/t21-,22+;. The number of nitrogens with one attached hydrogen (secondary N) is 2. The van der Waals surface area contributed by atoms with Gasteiger partial charge in [0.05, 0.1) is 6.04 Å². The number of halogens is 1. The molecule has 1 aliphatic rings. The molecule has 2 N–H and O–H groups in total. The molecular formula is C23H24ClN3. The second-order valence-corrected chi connectivity index (χ2v) is 6.55. The highest BCUT2D eigenvalue weighted by atomic mass is 35.5. The lowest BCUT2D eigenvalue weighted by Crippen LogP contribution is -2.26. The molecule has 0 bridgehead atoms. The number of hydrogen-bond donors (Lipinski definition) is 2. The van der Waals surface area contributed by atoms with Gasteiger partial charge < -0.3 is 10.6 Å². The van der Waals surface area contributed by atoms with E-state index in [1.165, 1.54) is 22.3 Å². The van der Waals surface area contributed by atoms with Crippen molar-refractivity contribution in [2.24, 2.45) is 4.99 Å². The molecule has 4 rings (SSSR count). The smallest absolute Gasteiger partial charge is 0.129 e. The van der Waals surface area contributed by atoms with Crippen molar-refractivity contribution in [2.45, 2.75) is 18.6 Å². The van der Waals surface area contributed by atoms with E-state index in [9.17, 15) is 0 Å². The van der Waals surface area contributed by atoms with Crippen molar-refractivity contribution in [3.05, 3.63) is 107 Å². The first kappa shape index (κ1) is 19.2. The summed E-state index contributed by atoms with van der Waals surface area (Å²) in [5, 5.41) is 6.94. The van der Waals surface area contributed by atoms with Gasteiger partial charge in [-0.05, 0) is 23.7 Å². The molecular weight excluding hydrogens is 354 g/mol. The molecule has 0 fully saturated rings. The highest BCUT2D eigenvalue weighted by molar-refractivity contribution is 6.01. The summed E-state index contributed by atoms with van der Waals surface area (Å²) < 4.78 is 0. The van der Waals surface area contributed by atoms with Gasteiger partial charge in [0.15, 0.2) is 0 Å². The molecule has 3 aromatic rings. The van der Waals surface area contributed by atoms with Crippen molar-refractivity contribution in [2.75, 3.05) is 7.05 Å². The third kappa shape index (κ3) is 4.05. The lowest BCUT2D eigenvalue weighted by Gasteiger charge is -2.20. The average molecular weight is 378 g/mol. The molecule has 0 radical (unpaired) electrons. The Morgan fingerprint density at radius 2 is 1.41 bits per heavy atom. The fraction of sp³-hybridized carbons (Fsp3) is 0.174. The summed E-state index contributed by atoms with van der Waals surface area (Å²) in [6, 6.07) is 29.8. The summed E-state index contributed by atoms with van der Waals surface area (Å²) in [6.07, 6.45) is 0. The Labute approximate surface area is 167 Å². The van der Waals surface area contributed by atoms with Crippen LogP contribution >= 0.6 is 12.4 Å². The molecule has 0 amide bonds. The Morgan fingerprint density at radius 1 is 0.815 bits per heavy atom. The zero-order valence-electron chi connectivity index (χ0n) is 15.3.